The number of amides is 1. The van der Waals surface area contributed by atoms with Crippen molar-refractivity contribution in [3.63, 3.8) is 0 Å². The smallest absolute Gasteiger partial charge is 0.319 e. The third kappa shape index (κ3) is 5.63. The fourth-order valence-corrected chi connectivity index (χ4v) is 1.76. The van der Waals surface area contributed by atoms with E-state index in [-0.39, 0.29) is 24.8 Å². The van der Waals surface area contributed by atoms with Gasteiger partial charge in [-0.25, -0.2) is 0 Å². The second-order valence-electron chi connectivity index (χ2n) is 4.40. The van der Waals surface area contributed by atoms with Gasteiger partial charge >= 0.3 is 5.97 Å². The molecule has 0 aliphatic rings. The van der Waals surface area contributed by atoms with Crippen molar-refractivity contribution in [2.45, 2.75) is 13.3 Å². The standard InChI is InChI=1S/C15H19N3O3/c1-3-18(11-15(20)21-2)9-8-14(19)17-13-7-5-4-6-12(13)10-16/h4-7H,3,8-9,11H2,1-2H3,(H,17,19). The Morgan fingerprint density at radius 2 is 2.10 bits per heavy atom. The number of rotatable bonds is 7. The van der Waals surface area contributed by atoms with Crippen LogP contribution in [0.5, 0.6) is 0 Å². The molecule has 1 aromatic carbocycles. The minimum atomic E-state index is -0.327. The lowest BCUT2D eigenvalue weighted by atomic mass is 10.2. The number of nitrogens with one attached hydrogen (secondary N) is 1. The van der Waals surface area contributed by atoms with Crippen LogP contribution in [0.1, 0.15) is 18.9 Å². The number of esters is 1. The average molecular weight is 289 g/mol. The lowest BCUT2D eigenvalue weighted by Crippen LogP contribution is -2.33. The summed E-state index contributed by atoms with van der Waals surface area (Å²) in [7, 11) is 1.34. The van der Waals surface area contributed by atoms with Crippen molar-refractivity contribution in [3.05, 3.63) is 29.8 Å². The van der Waals surface area contributed by atoms with Crippen LogP contribution in [0.15, 0.2) is 24.3 Å². The molecule has 0 unspecified atom stereocenters. The van der Waals surface area contributed by atoms with Gasteiger partial charge in [0.15, 0.2) is 0 Å². The lowest BCUT2D eigenvalue weighted by molar-refractivity contribution is -0.142. The fraction of sp³-hybridized carbons (Fsp3) is 0.400. The number of benzene rings is 1. The van der Waals surface area contributed by atoms with Crippen LogP contribution >= 0.6 is 0 Å². The number of methoxy groups -OCH3 is 1. The lowest BCUT2D eigenvalue weighted by Gasteiger charge is -2.18. The zero-order chi connectivity index (χ0) is 15.7. The molecule has 0 bridgehead atoms. The van der Waals surface area contributed by atoms with Crippen molar-refractivity contribution in [2.75, 3.05) is 32.1 Å². The normalized spacial score (nSPS) is 10.0. The Kier molecular flexibility index (Phi) is 6.92. The Bertz CT molecular complexity index is 537. The quantitative estimate of drug-likeness (QED) is 0.767. The largest absolute Gasteiger partial charge is 0.468 e. The number of ether oxygens (including phenoxy) is 1. The van der Waals surface area contributed by atoms with Crippen molar-refractivity contribution in [1.29, 1.82) is 5.26 Å². The van der Waals surface area contributed by atoms with E-state index in [1.807, 2.05) is 17.9 Å². The molecule has 0 aliphatic heterocycles. The van der Waals surface area contributed by atoms with Crippen LogP contribution in [-0.2, 0) is 14.3 Å². The molecule has 6 heteroatoms. The fourth-order valence-electron chi connectivity index (χ4n) is 1.76. The van der Waals surface area contributed by atoms with Gasteiger partial charge < -0.3 is 10.1 Å². The summed E-state index contributed by atoms with van der Waals surface area (Å²) in [5, 5.41) is 11.7. The summed E-state index contributed by atoms with van der Waals surface area (Å²) in [5.41, 5.74) is 0.925. The van der Waals surface area contributed by atoms with Crippen LogP contribution in [0.2, 0.25) is 0 Å². The summed E-state index contributed by atoms with van der Waals surface area (Å²) in [5.74, 6) is -0.520. The molecule has 0 radical (unpaired) electrons. The number of carbonyl (C=O) groups is 2. The van der Waals surface area contributed by atoms with Gasteiger partial charge in [-0.05, 0) is 18.7 Å². The van der Waals surface area contributed by atoms with E-state index in [0.29, 0.717) is 24.3 Å². The maximum absolute atomic E-state index is 11.9. The van der Waals surface area contributed by atoms with Gasteiger partial charge in [0.2, 0.25) is 5.91 Å². The summed E-state index contributed by atoms with van der Waals surface area (Å²) in [6.07, 6.45) is 0.241. The molecule has 6 nitrogen and oxygen atoms in total. The molecule has 0 fully saturated rings. The Labute approximate surface area is 124 Å². The molecule has 0 aliphatic carbocycles. The molecule has 0 spiro atoms. The van der Waals surface area contributed by atoms with E-state index >= 15 is 0 Å². The van der Waals surface area contributed by atoms with E-state index < -0.39 is 0 Å². The zero-order valence-electron chi connectivity index (χ0n) is 12.3. The number of carbonyl (C=O) groups excluding carboxylic acids is 2. The minimum Gasteiger partial charge on any atom is -0.468 e. The molecule has 112 valence electrons. The monoisotopic (exact) mass is 289 g/mol. The van der Waals surface area contributed by atoms with Crippen LogP contribution in [0.4, 0.5) is 5.69 Å². The molecule has 0 saturated carbocycles. The first-order valence-corrected chi connectivity index (χ1v) is 6.68. The topological polar surface area (TPSA) is 82.4 Å². The van der Waals surface area contributed by atoms with E-state index in [1.165, 1.54) is 7.11 Å². The van der Waals surface area contributed by atoms with Crippen molar-refractivity contribution in [1.82, 2.24) is 4.90 Å². The molecule has 0 heterocycles. The average Bonchev–Trinajstić information content (AvgIpc) is 2.51. The SMILES string of the molecule is CCN(CCC(=O)Nc1ccccc1C#N)CC(=O)OC. The molecule has 1 amide bonds. The Hall–Kier alpha value is -2.39. The first kappa shape index (κ1) is 16.7. The third-order valence-corrected chi connectivity index (χ3v) is 3.00. The highest BCUT2D eigenvalue weighted by Crippen LogP contribution is 2.13. The Morgan fingerprint density at radius 3 is 2.71 bits per heavy atom. The van der Waals surface area contributed by atoms with Crippen molar-refractivity contribution in [3.8, 4) is 6.07 Å². The van der Waals surface area contributed by atoms with Gasteiger partial charge in [-0.1, -0.05) is 19.1 Å². The Morgan fingerprint density at radius 1 is 1.38 bits per heavy atom. The number of nitrogens with zero attached hydrogens (tertiary/aromatic N) is 2. The summed E-state index contributed by atoms with van der Waals surface area (Å²) in [6.45, 7) is 3.17. The molecular formula is C15H19N3O3. The predicted octanol–water partition coefficient (Wildman–Crippen LogP) is 1.38. The van der Waals surface area contributed by atoms with E-state index in [2.05, 4.69) is 10.1 Å². The van der Waals surface area contributed by atoms with Gasteiger partial charge in [0.05, 0.1) is 24.9 Å². The molecular weight excluding hydrogens is 270 g/mol. The molecule has 0 atom stereocenters. The summed E-state index contributed by atoms with van der Waals surface area (Å²) in [4.78, 5) is 24.9. The first-order valence-electron chi connectivity index (χ1n) is 6.68. The summed E-state index contributed by atoms with van der Waals surface area (Å²) >= 11 is 0. The second-order valence-corrected chi connectivity index (χ2v) is 4.40. The highest BCUT2D eigenvalue weighted by atomic mass is 16.5. The predicted molar refractivity (Wildman–Crippen MR) is 78.5 cm³/mol. The van der Waals surface area contributed by atoms with Crippen LogP contribution < -0.4 is 5.32 Å². The highest BCUT2D eigenvalue weighted by Gasteiger charge is 2.12. The minimum absolute atomic E-state index is 0.162. The van der Waals surface area contributed by atoms with E-state index in [4.69, 9.17) is 5.26 Å². The summed E-state index contributed by atoms with van der Waals surface area (Å²) in [6, 6.07) is 8.85. The van der Waals surface area contributed by atoms with Crippen LogP contribution in [0, 0.1) is 11.3 Å². The molecule has 1 N–H and O–H groups in total. The molecule has 1 rings (SSSR count). The molecule has 0 aromatic heterocycles. The maximum atomic E-state index is 11.9. The first-order chi connectivity index (χ1) is 10.1. The van der Waals surface area contributed by atoms with Crippen molar-refractivity contribution >= 4 is 17.6 Å². The van der Waals surface area contributed by atoms with E-state index in [9.17, 15) is 9.59 Å². The zero-order valence-corrected chi connectivity index (χ0v) is 12.3. The number of likely N-dealkylation sites (N-methyl/N-ethyl adjacent to an activating group) is 1. The van der Waals surface area contributed by atoms with Crippen LogP contribution in [-0.4, -0.2) is 43.5 Å². The summed E-state index contributed by atoms with van der Waals surface area (Å²) < 4.78 is 4.60. The van der Waals surface area contributed by atoms with Crippen molar-refractivity contribution < 1.29 is 14.3 Å². The van der Waals surface area contributed by atoms with Gasteiger partial charge in [-0.15, -0.1) is 0 Å². The highest BCUT2D eigenvalue weighted by molar-refractivity contribution is 5.92. The Balaban J connectivity index is 2.50. The number of anilines is 1. The number of hydrogen-bond acceptors (Lipinski definition) is 5. The van der Waals surface area contributed by atoms with Gasteiger partial charge in [0, 0.05) is 13.0 Å². The van der Waals surface area contributed by atoms with Gasteiger partial charge in [0.25, 0.3) is 0 Å². The van der Waals surface area contributed by atoms with Crippen LogP contribution in [0.3, 0.4) is 0 Å². The maximum Gasteiger partial charge on any atom is 0.319 e. The van der Waals surface area contributed by atoms with Crippen LogP contribution in [0.25, 0.3) is 0 Å². The van der Waals surface area contributed by atoms with E-state index in [0.717, 1.165) is 0 Å². The number of hydrogen-bond donors (Lipinski definition) is 1. The number of para-hydroxylation sites is 1. The van der Waals surface area contributed by atoms with Crippen molar-refractivity contribution in [2.24, 2.45) is 0 Å². The third-order valence-electron chi connectivity index (χ3n) is 3.00. The van der Waals surface area contributed by atoms with Gasteiger partial charge in [-0.3, -0.25) is 14.5 Å². The molecule has 21 heavy (non-hydrogen) atoms. The van der Waals surface area contributed by atoms with Gasteiger partial charge in [-0.2, -0.15) is 5.26 Å². The van der Waals surface area contributed by atoms with Gasteiger partial charge in [0.1, 0.15) is 6.07 Å². The number of nitriles is 1. The van der Waals surface area contributed by atoms with E-state index in [1.54, 1.807) is 24.3 Å². The molecule has 1 aromatic rings. The second kappa shape index (κ2) is 8.72. The molecule has 0 saturated heterocycles.